The van der Waals surface area contributed by atoms with Gasteiger partial charge in [0.1, 0.15) is 0 Å². The van der Waals surface area contributed by atoms with E-state index in [1.807, 2.05) is 4.90 Å². The molecule has 2 N–H and O–H groups in total. The summed E-state index contributed by atoms with van der Waals surface area (Å²) in [6.07, 6.45) is 0.586. The third kappa shape index (κ3) is 2.20. The molecule has 17 heavy (non-hydrogen) atoms. The van der Waals surface area contributed by atoms with E-state index in [0.29, 0.717) is 18.9 Å². The molecule has 1 fully saturated rings. The zero-order chi connectivity index (χ0) is 12.6. The molecule has 1 saturated heterocycles. The second-order valence-corrected chi connectivity index (χ2v) is 5.01. The maximum absolute atomic E-state index is 11.9. The Hall–Kier alpha value is -1.35. The summed E-state index contributed by atoms with van der Waals surface area (Å²) in [4.78, 5) is 13.8. The summed E-state index contributed by atoms with van der Waals surface area (Å²) >= 11 is 0. The highest BCUT2D eigenvalue weighted by molar-refractivity contribution is 5.96. The number of carbonyl (C=O) groups excluding carboxylic acids is 1. The van der Waals surface area contributed by atoms with Crippen molar-refractivity contribution in [2.24, 2.45) is 11.7 Å². The maximum Gasteiger partial charge on any atom is 0.227 e. The average molecular weight is 232 g/mol. The van der Waals surface area contributed by atoms with Crippen LogP contribution in [0.5, 0.6) is 0 Å². The van der Waals surface area contributed by atoms with Gasteiger partial charge in [0, 0.05) is 18.7 Å². The zero-order valence-corrected chi connectivity index (χ0v) is 10.8. The van der Waals surface area contributed by atoms with Gasteiger partial charge in [-0.15, -0.1) is 0 Å². The predicted molar refractivity (Wildman–Crippen MR) is 70.2 cm³/mol. The van der Waals surface area contributed by atoms with Crippen LogP contribution >= 0.6 is 0 Å². The smallest absolute Gasteiger partial charge is 0.227 e. The summed E-state index contributed by atoms with van der Waals surface area (Å²) in [5, 5.41) is 0. The molecule has 1 unspecified atom stereocenters. The van der Waals surface area contributed by atoms with E-state index < -0.39 is 0 Å². The summed E-state index contributed by atoms with van der Waals surface area (Å²) in [6.45, 7) is 7.64. The molecule has 3 heteroatoms. The van der Waals surface area contributed by atoms with E-state index in [0.717, 1.165) is 12.2 Å². The molecule has 1 amide bonds. The lowest BCUT2D eigenvalue weighted by atomic mass is 10.0. The Kier molecular flexibility index (Phi) is 3.20. The second-order valence-electron chi connectivity index (χ2n) is 5.01. The summed E-state index contributed by atoms with van der Waals surface area (Å²) < 4.78 is 0. The Morgan fingerprint density at radius 1 is 1.29 bits per heavy atom. The first-order valence-corrected chi connectivity index (χ1v) is 6.11. The minimum atomic E-state index is 0.197. The molecule has 3 nitrogen and oxygen atoms in total. The standard InChI is InChI=1S/C14H20N2O/c1-9-4-13(5-10(2)11(9)3)16-8-12(7-15)6-14(16)17/h4-5,12H,6-8,15H2,1-3H3. The van der Waals surface area contributed by atoms with Crippen molar-refractivity contribution in [1.29, 1.82) is 0 Å². The highest BCUT2D eigenvalue weighted by Gasteiger charge is 2.29. The van der Waals surface area contributed by atoms with Crippen molar-refractivity contribution in [2.45, 2.75) is 27.2 Å². The molecular formula is C14H20N2O. The number of rotatable bonds is 2. The Bertz CT molecular complexity index is 431. The predicted octanol–water partition coefficient (Wildman–Crippen LogP) is 1.92. The topological polar surface area (TPSA) is 46.3 Å². The van der Waals surface area contributed by atoms with Gasteiger partial charge in [-0.1, -0.05) is 0 Å². The third-order valence-corrected chi connectivity index (χ3v) is 3.76. The number of benzene rings is 1. The Labute approximate surface area is 103 Å². The average Bonchev–Trinajstić information content (AvgIpc) is 2.67. The van der Waals surface area contributed by atoms with Gasteiger partial charge in [-0.25, -0.2) is 0 Å². The van der Waals surface area contributed by atoms with Crippen molar-refractivity contribution in [1.82, 2.24) is 0 Å². The Morgan fingerprint density at radius 2 is 1.88 bits per heavy atom. The van der Waals surface area contributed by atoms with Crippen LogP contribution in [0.15, 0.2) is 12.1 Å². The molecule has 1 atom stereocenters. The Morgan fingerprint density at radius 3 is 2.35 bits per heavy atom. The molecule has 92 valence electrons. The van der Waals surface area contributed by atoms with Crippen molar-refractivity contribution in [3.8, 4) is 0 Å². The number of hydrogen-bond acceptors (Lipinski definition) is 2. The summed E-state index contributed by atoms with van der Waals surface area (Å²) in [5.41, 5.74) is 10.4. The van der Waals surface area contributed by atoms with Gasteiger partial charge in [0.15, 0.2) is 0 Å². The van der Waals surface area contributed by atoms with Gasteiger partial charge in [0.2, 0.25) is 5.91 Å². The first-order valence-electron chi connectivity index (χ1n) is 6.11. The molecule has 1 heterocycles. The molecule has 1 aromatic carbocycles. The fraction of sp³-hybridized carbons (Fsp3) is 0.500. The van der Waals surface area contributed by atoms with Gasteiger partial charge in [-0.05, 0) is 62.1 Å². The van der Waals surface area contributed by atoms with Crippen LogP contribution in [0.25, 0.3) is 0 Å². The molecule has 0 spiro atoms. The van der Waals surface area contributed by atoms with Gasteiger partial charge in [-0.3, -0.25) is 4.79 Å². The summed E-state index contributed by atoms with van der Waals surface area (Å²) in [5.74, 6) is 0.507. The van der Waals surface area contributed by atoms with E-state index in [1.165, 1.54) is 16.7 Å². The van der Waals surface area contributed by atoms with Crippen LogP contribution in [0.4, 0.5) is 5.69 Å². The van der Waals surface area contributed by atoms with Gasteiger partial charge >= 0.3 is 0 Å². The lowest BCUT2D eigenvalue weighted by Gasteiger charge is -2.19. The third-order valence-electron chi connectivity index (χ3n) is 3.76. The minimum absolute atomic E-state index is 0.197. The molecular weight excluding hydrogens is 212 g/mol. The highest BCUT2D eigenvalue weighted by atomic mass is 16.2. The van der Waals surface area contributed by atoms with Gasteiger partial charge < -0.3 is 10.6 Å². The minimum Gasteiger partial charge on any atom is -0.330 e. The number of aryl methyl sites for hydroxylation is 2. The number of hydrogen-bond donors (Lipinski definition) is 1. The highest BCUT2D eigenvalue weighted by Crippen LogP contribution is 2.28. The largest absolute Gasteiger partial charge is 0.330 e. The van der Waals surface area contributed by atoms with E-state index in [-0.39, 0.29) is 5.91 Å². The SMILES string of the molecule is Cc1cc(N2CC(CN)CC2=O)cc(C)c1C. The molecule has 0 aromatic heterocycles. The van der Waals surface area contributed by atoms with E-state index in [4.69, 9.17) is 5.73 Å². The van der Waals surface area contributed by atoms with Gasteiger partial charge in [0.05, 0.1) is 0 Å². The maximum atomic E-state index is 11.9. The zero-order valence-electron chi connectivity index (χ0n) is 10.8. The van der Waals surface area contributed by atoms with Crippen LogP contribution in [0.1, 0.15) is 23.1 Å². The van der Waals surface area contributed by atoms with E-state index >= 15 is 0 Å². The quantitative estimate of drug-likeness (QED) is 0.846. The Balaban J connectivity index is 2.32. The molecule has 0 bridgehead atoms. The number of nitrogens with zero attached hydrogens (tertiary/aromatic N) is 1. The lowest BCUT2D eigenvalue weighted by molar-refractivity contribution is -0.117. The number of anilines is 1. The van der Waals surface area contributed by atoms with Crippen LogP contribution in [0.3, 0.4) is 0 Å². The van der Waals surface area contributed by atoms with Crippen LogP contribution < -0.4 is 10.6 Å². The monoisotopic (exact) mass is 232 g/mol. The van der Waals surface area contributed by atoms with Crippen LogP contribution in [-0.4, -0.2) is 19.0 Å². The van der Waals surface area contributed by atoms with Crippen molar-refractivity contribution in [3.05, 3.63) is 28.8 Å². The molecule has 0 saturated carbocycles. The van der Waals surface area contributed by atoms with E-state index in [9.17, 15) is 4.79 Å². The van der Waals surface area contributed by atoms with Crippen molar-refractivity contribution in [3.63, 3.8) is 0 Å². The molecule has 1 aromatic rings. The normalized spacial score (nSPS) is 20.1. The van der Waals surface area contributed by atoms with Gasteiger partial charge in [-0.2, -0.15) is 0 Å². The molecule has 1 aliphatic rings. The van der Waals surface area contributed by atoms with E-state index in [1.54, 1.807) is 0 Å². The summed E-state index contributed by atoms with van der Waals surface area (Å²) in [6, 6.07) is 4.19. The lowest BCUT2D eigenvalue weighted by Crippen LogP contribution is -2.25. The van der Waals surface area contributed by atoms with Crippen LogP contribution in [-0.2, 0) is 4.79 Å². The molecule has 1 aliphatic heterocycles. The second kappa shape index (κ2) is 4.49. The van der Waals surface area contributed by atoms with Crippen LogP contribution in [0, 0.1) is 26.7 Å². The fourth-order valence-electron chi connectivity index (χ4n) is 2.36. The van der Waals surface area contributed by atoms with Crippen molar-refractivity contribution >= 4 is 11.6 Å². The van der Waals surface area contributed by atoms with Crippen molar-refractivity contribution < 1.29 is 4.79 Å². The van der Waals surface area contributed by atoms with Gasteiger partial charge in [0.25, 0.3) is 0 Å². The number of nitrogens with two attached hydrogens (primary N) is 1. The molecule has 0 aliphatic carbocycles. The number of amides is 1. The van der Waals surface area contributed by atoms with E-state index in [2.05, 4.69) is 32.9 Å². The first-order chi connectivity index (χ1) is 8.02. The fourth-order valence-corrected chi connectivity index (χ4v) is 2.36. The van der Waals surface area contributed by atoms with Crippen molar-refractivity contribution in [2.75, 3.05) is 18.0 Å². The number of carbonyl (C=O) groups is 1. The summed E-state index contributed by atoms with van der Waals surface area (Å²) in [7, 11) is 0. The molecule has 2 rings (SSSR count). The molecule has 0 radical (unpaired) electrons. The first kappa shape index (κ1) is 12.1. The van der Waals surface area contributed by atoms with Crippen LogP contribution in [0.2, 0.25) is 0 Å².